The molecule has 1 aromatic heterocycles. The molecule has 17 heteroatoms. The Bertz CT molecular complexity index is 1430. The first-order chi connectivity index (χ1) is 19.2. The van der Waals surface area contributed by atoms with Crippen molar-refractivity contribution in [3.05, 3.63) is 94.3 Å². The average molecular weight is 603 g/mol. The first-order valence-electron chi connectivity index (χ1n) is 11.1. The average Bonchev–Trinajstić information content (AvgIpc) is 3.26. The highest BCUT2D eigenvalue weighted by Gasteiger charge is 2.38. The summed E-state index contributed by atoms with van der Waals surface area (Å²) in [6.45, 7) is 0.477. The molecular formula is C25H23F6N5O6. The summed E-state index contributed by atoms with van der Waals surface area (Å²) in [7, 11) is 0. The fourth-order valence-corrected chi connectivity index (χ4v) is 3.05. The van der Waals surface area contributed by atoms with Gasteiger partial charge in [-0.1, -0.05) is 42.5 Å². The summed E-state index contributed by atoms with van der Waals surface area (Å²) < 4.78 is 65.3. The summed E-state index contributed by atoms with van der Waals surface area (Å²) in [6.07, 6.45) is -6.27. The number of rotatable bonds is 7. The van der Waals surface area contributed by atoms with Gasteiger partial charge in [0.1, 0.15) is 11.7 Å². The molecule has 0 amide bonds. The highest BCUT2D eigenvalue weighted by Crippen LogP contribution is 2.19. The Morgan fingerprint density at radius 2 is 1.21 bits per heavy atom. The number of alkyl halides is 6. The number of nitrogen functional groups attached to an aromatic ring is 2. The summed E-state index contributed by atoms with van der Waals surface area (Å²) in [5, 5.41) is 38.8. The molecule has 2 aromatic carbocycles. The first-order valence-corrected chi connectivity index (χ1v) is 11.1. The normalized spacial score (nSPS) is 10.8. The third-order valence-electron chi connectivity index (χ3n) is 4.94. The molecule has 3 rings (SSSR count). The SMILES string of the molecule is N=C(N)c1ccc(Cc2cn(Cc3cccc(C(=N)N)c3)cc2C(=O)O)cc1.O=C(O)C(F)(F)F.O=C(O)C(F)(F)F. The van der Waals surface area contributed by atoms with Crippen LogP contribution in [0, 0.1) is 10.8 Å². The maximum absolute atomic E-state index is 11.7. The van der Waals surface area contributed by atoms with Crippen molar-refractivity contribution in [2.24, 2.45) is 11.5 Å². The van der Waals surface area contributed by atoms with Crippen molar-refractivity contribution >= 4 is 29.6 Å². The van der Waals surface area contributed by atoms with Crippen LogP contribution in [0.15, 0.2) is 60.9 Å². The van der Waals surface area contributed by atoms with E-state index in [1.54, 1.807) is 24.4 Å². The number of amidine groups is 2. The van der Waals surface area contributed by atoms with Gasteiger partial charge in [-0.15, -0.1) is 0 Å². The summed E-state index contributed by atoms with van der Waals surface area (Å²) >= 11 is 0. The zero-order chi connectivity index (χ0) is 32.4. The third-order valence-corrected chi connectivity index (χ3v) is 4.94. The summed E-state index contributed by atoms with van der Waals surface area (Å²) in [5.74, 6) is -6.50. The topological polar surface area (TPSA) is 217 Å². The number of nitrogens with zero attached hydrogens (tertiary/aromatic N) is 1. The van der Waals surface area contributed by atoms with E-state index in [9.17, 15) is 36.2 Å². The summed E-state index contributed by atoms with van der Waals surface area (Å²) in [4.78, 5) is 29.5. The molecule has 3 aromatic rings. The predicted octanol–water partition coefficient (Wildman–Crippen LogP) is 3.66. The van der Waals surface area contributed by atoms with Crippen LogP contribution in [0.25, 0.3) is 0 Å². The molecule has 0 saturated heterocycles. The fraction of sp³-hybridized carbons (Fsp3) is 0.160. The molecule has 0 radical (unpaired) electrons. The van der Waals surface area contributed by atoms with E-state index in [0.29, 0.717) is 29.7 Å². The number of nitrogens with one attached hydrogen (secondary N) is 2. The van der Waals surface area contributed by atoms with E-state index >= 15 is 0 Å². The van der Waals surface area contributed by atoms with Crippen LogP contribution in [0.2, 0.25) is 0 Å². The molecule has 42 heavy (non-hydrogen) atoms. The lowest BCUT2D eigenvalue weighted by Crippen LogP contribution is -2.21. The van der Waals surface area contributed by atoms with Crippen LogP contribution in [0.3, 0.4) is 0 Å². The predicted molar refractivity (Wildman–Crippen MR) is 136 cm³/mol. The van der Waals surface area contributed by atoms with E-state index in [4.69, 9.17) is 42.1 Å². The van der Waals surface area contributed by atoms with Gasteiger partial charge < -0.3 is 31.4 Å². The van der Waals surface area contributed by atoms with Gasteiger partial charge in [0.05, 0.1) is 5.56 Å². The number of hydrogen-bond acceptors (Lipinski definition) is 5. The van der Waals surface area contributed by atoms with Gasteiger partial charge in [-0.25, -0.2) is 14.4 Å². The molecule has 0 aliphatic carbocycles. The molecule has 9 N–H and O–H groups in total. The van der Waals surface area contributed by atoms with E-state index in [-0.39, 0.29) is 17.2 Å². The second-order valence-electron chi connectivity index (χ2n) is 8.18. The Morgan fingerprint density at radius 1 is 0.738 bits per heavy atom. The number of carbonyl (C=O) groups is 3. The van der Waals surface area contributed by atoms with Gasteiger partial charge in [0, 0.05) is 30.1 Å². The number of nitrogens with two attached hydrogens (primary N) is 2. The molecule has 0 spiro atoms. The van der Waals surface area contributed by atoms with Crippen molar-refractivity contribution < 1.29 is 56.0 Å². The largest absolute Gasteiger partial charge is 0.490 e. The van der Waals surface area contributed by atoms with Gasteiger partial charge in [0.15, 0.2) is 0 Å². The van der Waals surface area contributed by atoms with Crippen molar-refractivity contribution in [1.29, 1.82) is 10.8 Å². The monoisotopic (exact) mass is 603 g/mol. The van der Waals surface area contributed by atoms with E-state index in [1.807, 2.05) is 41.1 Å². The Balaban J connectivity index is 0.000000522. The number of carboxylic acids is 3. The number of carboxylic acid groups (broad SMARTS) is 3. The summed E-state index contributed by atoms with van der Waals surface area (Å²) in [6, 6.07) is 14.5. The van der Waals surface area contributed by atoms with Gasteiger partial charge in [0.2, 0.25) is 0 Å². The Morgan fingerprint density at radius 3 is 1.62 bits per heavy atom. The molecule has 0 fully saturated rings. The Kier molecular flexibility index (Phi) is 11.8. The van der Waals surface area contributed by atoms with E-state index in [2.05, 4.69) is 0 Å². The van der Waals surface area contributed by atoms with Crippen molar-refractivity contribution in [1.82, 2.24) is 4.57 Å². The quantitative estimate of drug-likeness (QED) is 0.120. The van der Waals surface area contributed by atoms with Crippen LogP contribution in [-0.2, 0) is 22.6 Å². The molecule has 11 nitrogen and oxygen atoms in total. The number of hydrogen-bond donors (Lipinski definition) is 7. The van der Waals surface area contributed by atoms with Crippen molar-refractivity contribution in [3.63, 3.8) is 0 Å². The van der Waals surface area contributed by atoms with Crippen LogP contribution in [-0.4, -0.2) is 61.8 Å². The van der Waals surface area contributed by atoms with Crippen molar-refractivity contribution in [3.8, 4) is 0 Å². The van der Waals surface area contributed by atoms with Gasteiger partial charge in [0.25, 0.3) is 0 Å². The minimum atomic E-state index is -5.08. The van der Waals surface area contributed by atoms with Crippen LogP contribution >= 0.6 is 0 Å². The molecule has 0 unspecified atom stereocenters. The minimum absolute atomic E-state index is 0.00304. The molecule has 1 heterocycles. The van der Waals surface area contributed by atoms with Gasteiger partial charge in [-0.05, 0) is 29.2 Å². The van der Waals surface area contributed by atoms with Gasteiger partial charge in [-0.3, -0.25) is 10.8 Å². The zero-order valence-corrected chi connectivity index (χ0v) is 21.1. The van der Waals surface area contributed by atoms with Crippen LogP contribution in [0.1, 0.15) is 38.2 Å². The number of halogens is 6. The van der Waals surface area contributed by atoms with Crippen LogP contribution in [0.4, 0.5) is 26.3 Å². The second-order valence-corrected chi connectivity index (χ2v) is 8.18. The lowest BCUT2D eigenvalue weighted by Gasteiger charge is -2.06. The van der Waals surface area contributed by atoms with Gasteiger partial charge >= 0.3 is 30.3 Å². The number of aromatic carboxylic acids is 1. The lowest BCUT2D eigenvalue weighted by molar-refractivity contribution is -0.193. The lowest BCUT2D eigenvalue weighted by atomic mass is 10.0. The maximum atomic E-state index is 11.7. The Labute approximate surface area is 232 Å². The van der Waals surface area contributed by atoms with Crippen LogP contribution < -0.4 is 11.5 Å². The second kappa shape index (κ2) is 14.3. The number of aromatic nitrogens is 1. The zero-order valence-electron chi connectivity index (χ0n) is 21.1. The van der Waals surface area contributed by atoms with Crippen LogP contribution in [0.5, 0.6) is 0 Å². The van der Waals surface area contributed by atoms with Crippen molar-refractivity contribution in [2.45, 2.75) is 25.3 Å². The number of benzene rings is 2. The summed E-state index contributed by atoms with van der Waals surface area (Å²) in [5.41, 5.74) is 15.1. The van der Waals surface area contributed by atoms with E-state index < -0.39 is 30.3 Å². The van der Waals surface area contributed by atoms with E-state index in [0.717, 1.165) is 11.1 Å². The van der Waals surface area contributed by atoms with Crippen molar-refractivity contribution in [2.75, 3.05) is 0 Å². The number of aliphatic carboxylic acids is 2. The molecule has 226 valence electrons. The molecule has 0 atom stereocenters. The maximum Gasteiger partial charge on any atom is 0.490 e. The molecule has 0 aliphatic rings. The highest BCUT2D eigenvalue weighted by atomic mass is 19.4. The fourth-order valence-electron chi connectivity index (χ4n) is 3.05. The first kappa shape index (κ1) is 34.7. The third kappa shape index (κ3) is 11.4. The highest BCUT2D eigenvalue weighted by molar-refractivity contribution is 5.95. The van der Waals surface area contributed by atoms with Gasteiger partial charge in [-0.2, -0.15) is 26.3 Å². The smallest absolute Gasteiger partial charge is 0.478 e. The molecule has 0 saturated carbocycles. The van der Waals surface area contributed by atoms with E-state index in [1.165, 1.54) is 0 Å². The molecule has 0 aliphatic heterocycles. The molecular weight excluding hydrogens is 580 g/mol. The Hall–Kier alpha value is -5.35. The standard InChI is InChI=1S/C21H21N5O2.2C2HF3O2/c22-19(23)15-6-4-13(5-7-15)8-17-11-26(12-18(17)21(27)28)10-14-2-1-3-16(9-14)20(24)25;2*3-2(4,5)1(6)7/h1-7,9,11-12H,8,10H2,(H3,22,23)(H3,24,25)(H,27,28);2*(H,6,7). The molecule has 0 bridgehead atoms. The minimum Gasteiger partial charge on any atom is -0.478 e.